The van der Waals surface area contributed by atoms with E-state index in [2.05, 4.69) is 37.9 Å². The normalized spacial score (nSPS) is 10.6. The SMILES string of the molecule is O=C(Nc1ccc2nccnc2c1)c1ccc(I)c(Cl)c1. The van der Waals surface area contributed by atoms with E-state index in [9.17, 15) is 4.79 Å². The van der Waals surface area contributed by atoms with Crippen LogP contribution in [-0.2, 0) is 0 Å². The number of nitrogens with zero attached hydrogens (tertiary/aromatic N) is 2. The summed E-state index contributed by atoms with van der Waals surface area (Å²) in [7, 11) is 0. The van der Waals surface area contributed by atoms with Crippen LogP contribution in [0, 0.1) is 3.57 Å². The van der Waals surface area contributed by atoms with Crippen molar-refractivity contribution < 1.29 is 4.79 Å². The van der Waals surface area contributed by atoms with Crippen LogP contribution < -0.4 is 5.32 Å². The third-order valence-electron chi connectivity index (χ3n) is 2.91. The highest BCUT2D eigenvalue weighted by Gasteiger charge is 2.09. The maximum Gasteiger partial charge on any atom is 0.255 e. The Bertz CT molecular complexity index is 838. The van der Waals surface area contributed by atoms with Gasteiger partial charge in [-0.2, -0.15) is 0 Å². The molecule has 0 atom stereocenters. The monoisotopic (exact) mass is 409 g/mol. The zero-order valence-corrected chi connectivity index (χ0v) is 13.6. The van der Waals surface area contributed by atoms with Gasteiger partial charge < -0.3 is 5.32 Å². The number of amides is 1. The van der Waals surface area contributed by atoms with Crippen LogP contribution in [0.2, 0.25) is 5.02 Å². The van der Waals surface area contributed by atoms with Crippen molar-refractivity contribution in [2.45, 2.75) is 0 Å². The van der Waals surface area contributed by atoms with Crippen LogP contribution in [0.3, 0.4) is 0 Å². The lowest BCUT2D eigenvalue weighted by Crippen LogP contribution is -2.12. The molecule has 4 nitrogen and oxygen atoms in total. The molecule has 0 bridgehead atoms. The Hall–Kier alpha value is -1.73. The predicted molar refractivity (Wildman–Crippen MR) is 91.7 cm³/mol. The van der Waals surface area contributed by atoms with Gasteiger partial charge in [-0.3, -0.25) is 14.8 Å². The third-order valence-corrected chi connectivity index (χ3v) is 4.48. The molecule has 0 aliphatic carbocycles. The smallest absolute Gasteiger partial charge is 0.255 e. The summed E-state index contributed by atoms with van der Waals surface area (Å²) in [6.07, 6.45) is 3.25. The molecule has 0 spiro atoms. The third kappa shape index (κ3) is 3.14. The van der Waals surface area contributed by atoms with Gasteiger partial charge >= 0.3 is 0 Å². The zero-order valence-electron chi connectivity index (χ0n) is 10.7. The van der Waals surface area contributed by atoms with E-state index in [1.54, 1.807) is 36.7 Å². The van der Waals surface area contributed by atoms with Crippen LogP contribution >= 0.6 is 34.2 Å². The second-order valence-corrected chi connectivity index (χ2v) is 5.91. The van der Waals surface area contributed by atoms with Gasteiger partial charge in [0.25, 0.3) is 5.91 Å². The topological polar surface area (TPSA) is 54.9 Å². The van der Waals surface area contributed by atoms with Crippen LogP contribution in [0.5, 0.6) is 0 Å². The number of aromatic nitrogens is 2. The highest BCUT2D eigenvalue weighted by atomic mass is 127. The van der Waals surface area contributed by atoms with Crippen molar-refractivity contribution in [3.05, 3.63) is 62.9 Å². The first-order valence-electron chi connectivity index (χ1n) is 6.11. The minimum atomic E-state index is -0.212. The molecule has 1 N–H and O–H groups in total. The summed E-state index contributed by atoms with van der Waals surface area (Å²) in [6, 6.07) is 10.6. The van der Waals surface area contributed by atoms with Crippen molar-refractivity contribution in [3.63, 3.8) is 0 Å². The van der Waals surface area contributed by atoms with E-state index >= 15 is 0 Å². The molecule has 0 unspecified atom stereocenters. The molecule has 0 radical (unpaired) electrons. The molecule has 3 rings (SSSR count). The Balaban J connectivity index is 1.87. The van der Waals surface area contributed by atoms with Gasteiger partial charge in [0.2, 0.25) is 0 Å². The summed E-state index contributed by atoms with van der Waals surface area (Å²) >= 11 is 8.15. The molecule has 0 aliphatic rings. The van der Waals surface area contributed by atoms with E-state index in [0.29, 0.717) is 16.3 Å². The van der Waals surface area contributed by atoms with E-state index in [1.807, 2.05) is 12.1 Å². The molecule has 1 heterocycles. The number of carbonyl (C=O) groups is 1. The van der Waals surface area contributed by atoms with Crippen LogP contribution in [0.4, 0.5) is 5.69 Å². The Morgan fingerprint density at radius 1 is 1.05 bits per heavy atom. The van der Waals surface area contributed by atoms with Crippen molar-refractivity contribution in [2.24, 2.45) is 0 Å². The van der Waals surface area contributed by atoms with Crippen molar-refractivity contribution in [3.8, 4) is 0 Å². The van der Waals surface area contributed by atoms with Gasteiger partial charge in [-0.05, 0) is 59.0 Å². The summed E-state index contributed by atoms with van der Waals surface area (Å²) in [5.74, 6) is -0.212. The van der Waals surface area contributed by atoms with Crippen molar-refractivity contribution in [2.75, 3.05) is 5.32 Å². The summed E-state index contributed by atoms with van der Waals surface area (Å²) in [4.78, 5) is 20.6. The van der Waals surface area contributed by atoms with Crippen molar-refractivity contribution in [1.29, 1.82) is 0 Å². The van der Waals surface area contributed by atoms with Gasteiger partial charge in [-0.1, -0.05) is 11.6 Å². The van der Waals surface area contributed by atoms with Gasteiger partial charge in [0.05, 0.1) is 16.1 Å². The first-order valence-corrected chi connectivity index (χ1v) is 7.56. The molecule has 1 amide bonds. The molecule has 0 saturated heterocycles. The van der Waals surface area contributed by atoms with Gasteiger partial charge in [-0.25, -0.2) is 0 Å². The lowest BCUT2D eigenvalue weighted by Gasteiger charge is -2.07. The summed E-state index contributed by atoms with van der Waals surface area (Å²) < 4.78 is 0.909. The molecular formula is C15H9ClIN3O. The standard InChI is InChI=1S/C15H9ClIN3O/c16-11-7-9(1-3-12(11)17)15(21)20-10-2-4-13-14(8-10)19-6-5-18-13/h1-8H,(H,20,21). The van der Waals surface area contributed by atoms with E-state index in [-0.39, 0.29) is 5.91 Å². The van der Waals surface area contributed by atoms with Gasteiger partial charge in [0.1, 0.15) is 0 Å². The molecule has 6 heteroatoms. The number of hydrogen-bond donors (Lipinski definition) is 1. The molecular weight excluding hydrogens is 401 g/mol. The maximum atomic E-state index is 12.2. The second kappa shape index (κ2) is 5.95. The lowest BCUT2D eigenvalue weighted by molar-refractivity contribution is 0.102. The fourth-order valence-electron chi connectivity index (χ4n) is 1.88. The van der Waals surface area contributed by atoms with Gasteiger partial charge in [0.15, 0.2) is 0 Å². The Kier molecular flexibility index (Phi) is 4.03. The van der Waals surface area contributed by atoms with Crippen LogP contribution in [0.15, 0.2) is 48.8 Å². The highest BCUT2D eigenvalue weighted by molar-refractivity contribution is 14.1. The van der Waals surface area contributed by atoms with E-state index in [1.165, 1.54) is 0 Å². The number of benzene rings is 2. The Morgan fingerprint density at radius 2 is 1.81 bits per heavy atom. The molecule has 3 aromatic rings. The molecule has 1 aromatic heterocycles. The van der Waals surface area contributed by atoms with Crippen molar-refractivity contribution in [1.82, 2.24) is 9.97 Å². The molecule has 0 aliphatic heterocycles. The lowest BCUT2D eigenvalue weighted by atomic mass is 10.2. The van der Waals surface area contributed by atoms with E-state index < -0.39 is 0 Å². The van der Waals surface area contributed by atoms with E-state index in [0.717, 1.165) is 14.6 Å². The fourth-order valence-corrected chi connectivity index (χ4v) is 2.40. The number of hydrogen-bond acceptors (Lipinski definition) is 3. The summed E-state index contributed by atoms with van der Waals surface area (Å²) in [6.45, 7) is 0. The summed E-state index contributed by atoms with van der Waals surface area (Å²) in [5.41, 5.74) is 2.70. The fraction of sp³-hybridized carbons (Fsp3) is 0. The molecule has 0 fully saturated rings. The molecule has 104 valence electrons. The Labute approximate surface area is 139 Å². The van der Waals surface area contributed by atoms with Crippen LogP contribution in [-0.4, -0.2) is 15.9 Å². The minimum Gasteiger partial charge on any atom is -0.322 e. The predicted octanol–water partition coefficient (Wildman–Crippen LogP) is 4.14. The number of rotatable bonds is 2. The second-order valence-electron chi connectivity index (χ2n) is 4.34. The quantitative estimate of drug-likeness (QED) is 0.647. The zero-order chi connectivity index (χ0) is 14.8. The van der Waals surface area contributed by atoms with Crippen LogP contribution in [0.25, 0.3) is 11.0 Å². The summed E-state index contributed by atoms with van der Waals surface area (Å²) in [5, 5.41) is 3.39. The van der Waals surface area contributed by atoms with Gasteiger partial charge in [0, 0.05) is 27.2 Å². The number of anilines is 1. The minimum absolute atomic E-state index is 0.212. The molecule has 21 heavy (non-hydrogen) atoms. The first kappa shape index (κ1) is 14.2. The number of halogens is 2. The highest BCUT2D eigenvalue weighted by Crippen LogP contribution is 2.21. The van der Waals surface area contributed by atoms with Crippen LogP contribution in [0.1, 0.15) is 10.4 Å². The average molecular weight is 410 g/mol. The molecule has 0 saturated carbocycles. The first-order chi connectivity index (χ1) is 10.1. The maximum absolute atomic E-state index is 12.2. The molecule has 2 aromatic carbocycles. The number of carbonyl (C=O) groups excluding carboxylic acids is 1. The van der Waals surface area contributed by atoms with E-state index in [4.69, 9.17) is 11.6 Å². The largest absolute Gasteiger partial charge is 0.322 e. The Morgan fingerprint density at radius 3 is 2.57 bits per heavy atom. The number of fused-ring (bicyclic) bond motifs is 1. The van der Waals surface area contributed by atoms with Gasteiger partial charge in [-0.15, -0.1) is 0 Å². The number of nitrogens with one attached hydrogen (secondary N) is 1. The van der Waals surface area contributed by atoms with Crippen molar-refractivity contribution >= 4 is 56.8 Å². The average Bonchev–Trinajstić information content (AvgIpc) is 2.50.